The lowest BCUT2D eigenvalue weighted by Crippen LogP contribution is -2.09. The molecule has 0 saturated heterocycles. The summed E-state index contributed by atoms with van der Waals surface area (Å²) in [6, 6.07) is 5.82. The minimum atomic E-state index is -4.52. The van der Waals surface area contributed by atoms with Gasteiger partial charge >= 0.3 is 6.18 Å². The molecule has 29 heavy (non-hydrogen) atoms. The zero-order chi connectivity index (χ0) is 21.1. The van der Waals surface area contributed by atoms with Gasteiger partial charge in [0.05, 0.1) is 17.0 Å². The van der Waals surface area contributed by atoms with Crippen LogP contribution in [0.3, 0.4) is 0 Å². The van der Waals surface area contributed by atoms with Crippen LogP contribution < -0.4 is 0 Å². The number of aromatic nitrogens is 4. The number of imidazole rings is 1. The van der Waals surface area contributed by atoms with Crippen LogP contribution in [0, 0.1) is 0 Å². The Balaban J connectivity index is 2.05. The minimum Gasteiger partial charge on any atom is -0.327 e. The molecule has 0 aliphatic heterocycles. The van der Waals surface area contributed by atoms with Gasteiger partial charge in [0.15, 0.2) is 14.9 Å². The monoisotopic (exact) mass is 486 g/mol. The van der Waals surface area contributed by atoms with Gasteiger partial charge in [0, 0.05) is 29.3 Å². The molecule has 0 unspecified atom stereocenters. The highest BCUT2D eigenvalue weighted by atomic mass is 79.9. The Morgan fingerprint density at radius 2 is 1.93 bits per heavy atom. The highest BCUT2D eigenvalue weighted by Crippen LogP contribution is 2.35. The molecule has 4 rings (SSSR count). The number of hydrogen-bond donors (Lipinski definition) is 0. The van der Waals surface area contributed by atoms with Crippen molar-refractivity contribution in [1.29, 1.82) is 0 Å². The molecule has 4 aromatic rings. The second-order valence-electron chi connectivity index (χ2n) is 6.47. The van der Waals surface area contributed by atoms with Crippen LogP contribution in [0.15, 0.2) is 46.2 Å². The van der Waals surface area contributed by atoms with Crippen LogP contribution >= 0.6 is 15.9 Å². The highest BCUT2D eigenvalue weighted by molar-refractivity contribution is 9.10. The third kappa shape index (κ3) is 3.21. The molecule has 0 atom stereocenters. The number of sulfone groups is 1. The van der Waals surface area contributed by atoms with Crippen molar-refractivity contribution in [2.24, 2.45) is 7.05 Å². The van der Waals surface area contributed by atoms with E-state index in [1.165, 1.54) is 17.4 Å². The molecule has 0 saturated carbocycles. The molecule has 0 amide bonds. The van der Waals surface area contributed by atoms with E-state index < -0.39 is 21.6 Å². The zero-order valence-corrected chi connectivity index (χ0v) is 17.6. The molecule has 11 heteroatoms. The fourth-order valence-electron chi connectivity index (χ4n) is 3.20. The molecule has 0 bridgehead atoms. The molecular formula is C18H14BrF3N4O2S. The summed E-state index contributed by atoms with van der Waals surface area (Å²) < 4.78 is 68.5. The number of aryl methyl sites for hydroxylation is 1. The topological polar surface area (TPSA) is 69.3 Å². The number of rotatable bonds is 3. The van der Waals surface area contributed by atoms with Crippen LogP contribution in [0.25, 0.3) is 28.1 Å². The van der Waals surface area contributed by atoms with Gasteiger partial charge in [-0.2, -0.15) is 13.2 Å². The standard InChI is InChI=1S/C18H14BrF3N4O2S/c1-3-29(27,28)17-15(24-14-8-12(19)4-5-26(14)17)13-7-10-6-11(18(20,21)22)9-23-16(10)25(13)2/h4-9H,3H2,1-2H3. The van der Waals surface area contributed by atoms with E-state index in [0.717, 1.165) is 16.7 Å². The summed E-state index contributed by atoms with van der Waals surface area (Å²) in [7, 11) is -2.08. The summed E-state index contributed by atoms with van der Waals surface area (Å²) in [5.41, 5.74) is 0.349. The molecule has 0 fully saturated rings. The van der Waals surface area contributed by atoms with E-state index in [-0.39, 0.29) is 21.9 Å². The van der Waals surface area contributed by atoms with Gasteiger partial charge in [-0.1, -0.05) is 22.9 Å². The Hall–Kier alpha value is -2.40. The quantitative estimate of drug-likeness (QED) is 0.428. The second kappa shape index (κ2) is 6.56. The van der Waals surface area contributed by atoms with Crippen LogP contribution in [0.4, 0.5) is 13.2 Å². The van der Waals surface area contributed by atoms with Gasteiger partial charge in [0.2, 0.25) is 0 Å². The predicted octanol–water partition coefficient (Wildman–Crippen LogP) is 4.46. The Labute approximate surface area is 172 Å². The molecule has 0 N–H and O–H groups in total. The first-order chi connectivity index (χ1) is 13.5. The maximum Gasteiger partial charge on any atom is 0.417 e. The van der Waals surface area contributed by atoms with Crippen molar-refractivity contribution in [3.63, 3.8) is 0 Å². The Kier molecular flexibility index (Phi) is 4.50. The first-order valence-electron chi connectivity index (χ1n) is 8.46. The summed E-state index contributed by atoms with van der Waals surface area (Å²) in [6.07, 6.45) is -2.18. The zero-order valence-electron chi connectivity index (χ0n) is 15.2. The number of alkyl halides is 3. The van der Waals surface area contributed by atoms with Gasteiger partial charge < -0.3 is 4.57 Å². The van der Waals surface area contributed by atoms with Crippen LogP contribution in [0.5, 0.6) is 0 Å². The Bertz CT molecular complexity index is 1370. The van der Waals surface area contributed by atoms with E-state index in [0.29, 0.717) is 17.0 Å². The summed E-state index contributed by atoms with van der Waals surface area (Å²) in [5.74, 6) is -0.149. The fourth-order valence-corrected chi connectivity index (χ4v) is 4.69. The third-order valence-corrected chi connectivity index (χ3v) is 6.89. The molecule has 0 aromatic carbocycles. The maximum atomic E-state index is 13.0. The van der Waals surface area contributed by atoms with Crippen molar-refractivity contribution in [1.82, 2.24) is 18.9 Å². The van der Waals surface area contributed by atoms with Crippen molar-refractivity contribution >= 4 is 42.4 Å². The third-order valence-electron chi connectivity index (χ3n) is 4.66. The summed E-state index contributed by atoms with van der Waals surface area (Å²) in [6.45, 7) is 1.52. The summed E-state index contributed by atoms with van der Waals surface area (Å²) >= 11 is 3.33. The number of pyridine rings is 2. The molecule has 152 valence electrons. The van der Waals surface area contributed by atoms with E-state index in [9.17, 15) is 21.6 Å². The first-order valence-corrected chi connectivity index (χ1v) is 10.9. The van der Waals surface area contributed by atoms with E-state index in [4.69, 9.17) is 0 Å². The van der Waals surface area contributed by atoms with Crippen molar-refractivity contribution in [2.45, 2.75) is 18.1 Å². The van der Waals surface area contributed by atoms with E-state index in [1.54, 1.807) is 29.9 Å². The molecule has 0 aliphatic rings. The van der Waals surface area contributed by atoms with Gasteiger partial charge in [-0.05, 0) is 24.3 Å². The fraction of sp³-hybridized carbons (Fsp3) is 0.222. The number of nitrogens with zero attached hydrogens (tertiary/aromatic N) is 4. The Morgan fingerprint density at radius 3 is 2.59 bits per heavy atom. The summed E-state index contributed by atoms with van der Waals surface area (Å²) in [4.78, 5) is 8.39. The summed E-state index contributed by atoms with van der Waals surface area (Å²) in [5, 5.41) is 0.236. The van der Waals surface area contributed by atoms with Crippen LogP contribution in [0.2, 0.25) is 0 Å². The SMILES string of the molecule is CCS(=O)(=O)c1c(-c2cc3cc(C(F)(F)F)cnc3n2C)nc2cc(Br)ccn12. The average molecular weight is 487 g/mol. The average Bonchev–Trinajstić information content (AvgIpc) is 3.18. The molecule has 0 spiro atoms. The number of halogens is 4. The molecule has 0 radical (unpaired) electrons. The largest absolute Gasteiger partial charge is 0.417 e. The minimum absolute atomic E-state index is 0.00977. The van der Waals surface area contributed by atoms with Gasteiger partial charge in [0.25, 0.3) is 0 Å². The van der Waals surface area contributed by atoms with Crippen LogP contribution in [0.1, 0.15) is 12.5 Å². The lowest BCUT2D eigenvalue weighted by molar-refractivity contribution is -0.137. The van der Waals surface area contributed by atoms with Crippen molar-refractivity contribution in [3.8, 4) is 11.4 Å². The molecule has 4 heterocycles. The first kappa shape index (κ1) is 19.9. The lowest BCUT2D eigenvalue weighted by atomic mass is 10.2. The van der Waals surface area contributed by atoms with Crippen LogP contribution in [-0.2, 0) is 23.1 Å². The van der Waals surface area contributed by atoms with Gasteiger partial charge in [-0.3, -0.25) is 4.40 Å². The Morgan fingerprint density at radius 1 is 1.21 bits per heavy atom. The van der Waals surface area contributed by atoms with Crippen molar-refractivity contribution in [3.05, 3.63) is 46.7 Å². The maximum absolute atomic E-state index is 13.0. The van der Waals surface area contributed by atoms with Crippen LogP contribution in [-0.4, -0.2) is 33.1 Å². The molecule has 6 nitrogen and oxygen atoms in total. The lowest BCUT2D eigenvalue weighted by Gasteiger charge is -2.07. The smallest absolute Gasteiger partial charge is 0.327 e. The van der Waals surface area contributed by atoms with Gasteiger partial charge in [-0.25, -0.2) is 18.4 Å². The number of hydrogen-bond acceptors (Lipinski definition) is 4. The molecule has 4 aromatic heterocycles. The van der Waals surface area contributed by atoms with Gasteiger partial charge in [0.1, 0.15) is 17.0 Å². The second-order valence-corrected chi connectivity index (χ2v) is 9.57. The van der Waals surface area contributed by atoms with Crippen molar-refractivity contribution < 1.29 is 21.6 Å². The molecule has 0 aliphatic carbocycles. The van der Waals surface area contributed by atoms with Gasteiger partial charge in [-0.15, -0.1) is 0 Å². The highest BCUT2D eigenvalue weighted by Gasteiger charge is 2.32. The van der Waals surface area contributed by atoms with E-state index in [1.807, 2.05) is 0 Å². The normalized spacial score (nSPS) is 12.9. The van der Waals surface area contributed by atoms with Crippen molar-refractivity contribution in [2.75, 3.05) is 5.75 Å². The molecular weight excluding hydrogens is 473 g/mol. The van der Waals surface area contributed by atoms with E-state index >= 15 is 0 Å². The predicted molar refractivity (Wildman–Crippen MR) is 105 cm³/mol. The number of fused-ring (bicyclic) bond motifs is 2. The van der Waals surface area contributed by atoms with E-state index in [2.05, 4.69) is 25.9 Å².